The van der Waals surface area contributed by atoms with E-state index in [1.54, 1.807) is 0 Å². The number of rotatable bonds is 1. The minimum absolute atomic E-state index is 0. The first-order chi connectivity index (χ1) is 4.72. The Morgan fingerprint density at radius 1 is 1.27 bits per heavy atom. The van der Waals surface area contributed by atoms with E-state index in [-0.39, 0.29) is 12.4 Å². The van der Waals surface area contributed by atoms with E-state index in [2.05, 4.69) is 5.32 Å². The van der Waals surface area contributed by atoms with Gasteiger partial charge in [0.05, 0.1) is 0 Å². The summed E-state index contributed by atoms with van der Waals surface area (Å²) in [6, 6.07) is 5.88. The molecule has 0 saturated heterocycles. The van der Waals surface area contributed by atoms with Gasteiger partial charge in [0.15, 0.2) is 0 Å². The van der Waals surface area contributed by atoms with Crippen LogP contribution in [0.5, 0.6) is 0 Å². The Morgan fingerprint density at radius 2 is 1.91 bits per heavy atom. The Balaban J connectivity index is 0.000001000. The molecule has 0 radical (unpaired) electrons. The van der Waals surface area contributed by atoms with Gasteiger partial charge in [0.2, 0.25) is 0 Å². The molecule has 62 valence electrons. The van der Waals surface area contributed by atoms with Gasteiger partial charge in [-0.15, -0.1) is 12.4 Å². The van der Waals surface area contributed by atoms with E-state index < -0.39 is 0 Å². The lowest BCUT2D eigenvalue weighted by atomic mass is 10.2. The fourth-order valence-corrected chi connectivity index (χ4v) is 1.17. The average molecular weight is 192 g/mol. The second-order valence-electron chi connectivity index (χ2n) is 2.27. The highest BCUT2D eigenvalue weighted by Crippen LogP contribution is 2.17. The van der Waals surface area contributed by atoms with Gasteiger partial charge in [-0.3, -0.25) is 0 Å². The van der Waals surface area contributed by atoms with Crippen molar-refractivity contribution in [1.82, 2.24) is 0 Å². The number of halogens is 2. The van der Waals surface area contributed by atoms with Crippen LogP contribution in [0.4, 0.5) is 5.69 Å². The van der Waals surface area contributed by atoms with E-state index in [0.717, 1.165) is 10.7 Å². The molecule has 1 rings (SSSR count). The van der Waals surface area contributed by atoms with Gasteiger partial charge in [-0.25, -0.2) is 0 Å². The summed E-state index contributed by atoms with van der Waals surface area (Å²) in [6.07, 6.45) is 0. The number of anilines is 1. The molecule has 3 heteroatoms. The molecular formula is C8H11Cl2N. The van der Waals surface area contributed by atoms with E-state index in [1.165, 1.54) is 5.56 Å². The third kappa shape index (κ3) is 3.00. The Labute approximate surface area is 78.2 Å². The van der Waals surface area contributed by atoms with Crippen LogP contribution < -0.4 is 5.32 Å². The molecule has 0 aliphatic rings. The highest BCUT2D eigenvalue weighted by molar-refractivity contribution is 6.30. The van der Waals surface area contributed by atoms with Crippen molar-refractivity contribution in [1.29, 1.82) is 0 Å². The summed E-state index contributed by atoms with van der Waals surface area (Å²) in [4.78, 5) is 0. The van der Waals surface area contributed by atoms with Crippen LogP contribution in [0.1, 0.15) is 5.56 Å². The number of hydrogen-bond acceptors (Lipinski definition) is 1. The standard InChI is InChI=1S/C8H10ClN.ClH/c1-6-3-7(9)5-8(4-6)10-2;/h3-5,10H,1-2H3;1H. The van der Waals surface area contributed by atoms with Crippen molar-refractivity contribution >= 4 is 29.7 Å². The van der Waals surface area contributed by atoms with Crippen molar-refractivity contribution in [3.63, 3.8) is 0 Å². The third-order valence-corrected chi connectivity index (χ3v) is 1.55. The van der Waals surface area contributed by atoms with E-state index in [1.807, 2.05) is 32.2 Å². The molecule has 0 unspecified atom stereocenters. The molecule has 1 aromatic rings. The zero-order chi connectivity index (χ0) is 7.56. The normalized spacial score (nSPS) is 8.64. The van der Waals surface area contributed by atoms with E-state index in [4.69, 9.17) is 11.6 Å². The number of aryl methyl sites for hydroxylation is 1. The molecular weight excluding hydrogens is 181 g/mol. The summed E-state index contributed by atoms with van der Waals surface area (Å²) < 4.78 is 0. The predicted molar refractivity (Wildman–Crippen MR) is 53.0 cm³/mol. The van der Waals surface area contributed by atoms with E-state index in [0.29, 0.717) is 0 Å². The summed E-state index contributed by atoms with van der Waals surface area (Å²) in [5.41, 5.74) is 2.24. The van der Waals surface area contributed by atoms with Crippen LogP contribution >= 0.6 is 24.0 Å². The molecule has 0 bridgehead atoms. The molecule has 0 spiro atoms. The Kier molecular flexibility index (Phi) is 4.31. The zero-order valence-corrected chi connectivity index (χ0v) is 8.09. The summed E-state index contributed by atoms with van der Waals surface area (Å²) in [5.74, 6) is 0. The number of nitrogens with one attached hydrogen (secondary N) is 1. The van der Waals surface area contributed by atoms with Crippen LogP contribution in [0.25, 0.3) is 0 Å². The van der Waals surface area contributed by atoms with E-state index >= 15 is 0 Å². The van der Waals surface area contributed by atoms with Gasteiger partial charge < -0.3 is 5.32 Å². The third-order valence-electron chi connectivity index (χ3n) is 1.33. The van der Waals surface area contributed by atoms with Crippen LogP contribution in [-0.2, 0) is 0 Å². The van der Waals surface area contributed by atoms with Crippen molar-refractivity contribution < 1.29 is 0 Å². The largest absolute Gasteiger partial charge is 0.388 e. The molecule has 1 N–H and O–H groups in total. The van der Waals surface area contributed by atoms with Crippen LogP contribution in [-0.4, -0.2) is 7.05 Å². The summed E-state index contributed by atoms with van der Waals surface area (Å²) in [5, 5.41) is 3.81. The molecule has 1 nitrogen and oxygen atoms in total. The molecule has 0 atom stereocenters. The SMILES string of the molecule is CNc1cc(C)cc(Cl)c1.Cl. The minimum atomic E-state index is 0. The first-order valence-corrected chi connectivity index (χ1v) is 3.55. The topological polar surface area (TPSA) is 12.0 Å². The first-order valence-electron chi connectivity index (χ1n) is 3.17. The van der Waals surface area contributed by atoms with Gasteiger partial charge in [0, 0.05) is 17.8 Å². The van der Waals surface area contributed by atoms with Gasteiger partial charge in [0.1, 0.15) is 0 Å². The molecule has 0 saturated carbocycles. The van der Waals surface area contributed by atoms with Gasteiger partial charge >= 0.3 is 0 Å². The van der Waals surface area contributed by atoms with Gasteiger partial charge in [-0.2, -0.15) is 0 Å². The maximum Gasteiger partial charge on any atom is 0.0429 e. The van der Waals surface area contributed by atoms with Crippen molar-refractivity contribution in [3.05, 3.63) is 28.8 Å². The second kappa shape index (κ2) is 4.47. The molecule has 0 fully saturated rings. The molecule has 0 aliphatic heterocycles. The smallest absolute Gasteiger partial charge is 0.0429 e. The van der Waals surface area contributed by atoms with Crippen molar-refractivity contribution in [3.8, 4) is 0 Å². The van der Waals surface area contributed by atoms with Crippen LogP contribution in [0.15, 0.2) is 18.2 Å². The Morgan fingerprint density at radius 3 is 2.36 bits per heavy atom. The minimum Gasteiger partial charge on any atom is -0.388 e. The lowest BCUT2D eigenvalue weighted by molar-refractivity contribution is 1.43. The summed E-state index contributed by atoms with van der Waals surface area (Å²) >= 11 is 5.79. The fraction of sp³-hybridized carbons (Fsp3) is 0.250. The predicted octanol–water partition coefficient (Wildman–Crippen LogP) is 3.11. The van der Waals surface area contributed by atoms with Crippen LogP contribution in [0.3, 0.4) is 0 Å². The highest BCUT2D eigenvalue weighted by atomic mass is 35.5. The maximum atomic E-state index is 5.79. The highest BCUT2D eigenvalue weighted by Gasteiger charge is 1.92. The quantitative estimate of drug-likeness (QED) is 0.720. The maximum absolute atomic E-state index is 5.79. The number of hydrogen-bond donors (Lipinski definition) is 1. The van der Waals surface area contributed by atoms with Gasteiger partial charge in [-0.1, -0.05) is 11.6 Å². The van der Waals surface area contributed by atoms with Crippen LogP contribution in [0, 0.1) is 6.92 Å². The number of benzene rings is 1. The lowest BCUT2D eigenvalue weighted by Crippen LogP contribution is -1.87. The van der Waals surface area contributed by atoms with Crippen molar-refractivity contribution in [2.75, 3.05) is 12.4 Å². The molecule has 0 aromatic heterocycles. The Bertz CT molecular complexity index is 215. The van der Waals surface area contributed by atoms with Crippen molar-refractivity contribution in [2.45, 2.75) is 6.92 Å². The van der Waals surface area contributed by atoms with E-state index in [9.17, 15) is 0 Å². The second-order valence-corrected chi connectivity index (χ2v) is 2.70. The summed E-state index contributed by atoms with van der Waals surface area (Å²) in [7, 11) is 1.88. The lowest BCUT2D eigenvalue weighted by Gasteiger charge is -2.01. The molecule has 0 amide bonds. The zero-order valence-electron chi connectivity index (χ0n) is 6.52. The molecule has 0 aliphatic carbocycles. The molecule has 0 heterocycles. The van der Waals surface area contributed by atoms with Crippen LogP contribution in [0.2, 0.25) is 5.02 Å². The molecule has 11 heavy (non-hydrogen) atoms. The Hall–Kier alpha value is -0.400. The van der Waals surface area contributed by atoms with Gasteiger partial charge in [-0.05, 0) is 30.7 Å². The van der Waals surface area contributed by atoms with Crippen molar-refractivity contribution in [2.24, 2.45) is 0 Å². The monoisotopic (exact) mass is 191 g/mol. The average Bonchev–Trinajstić information content (AvgIpc) is 1.85. The fourth-order valence-electron chi connectivity index (χ4n) is 0.881. The first kappa shape index (κ1) is 10.6. The summed E-state index contributed by atoms with van der Waals surface area (Å²) in [6.45, 7) is 2.02. The van der Waals surface area contributed by atoms with Gasteiger partial charge in [0.25, 0.3) is 0 Å². The molecule has 1 aromatic carbocycles.